The molecule has 1 atom stereocenters. The van der Waals surface area contributed by atoms with Crippen molar-refractivity contribution < 1.29 is 4.74 Å². The van der Waals surface area contributed by atoms with Crippen LogP contribution in [-0.2, 0) is 0 Å². The molecule has 0 fully saturated rings. The third-order valence-electron chi connectivity index (χ3n) is 3.19. The van der Waals surface area contributed by atoms with Gasteiger partial charge in [-0.2, -0.15) is 0 Å². The van der Waals surface area contributed by atoms with E-state index >= 15 is 0 Å². The van der Waals surface area contributed by atoms with Crippen LogP contribution in [0.4, 0.5) is 0 Å². The molecule has 0 aliphatic heterocycles. The first-order chi connectivity index (χ1) is 9.22. The minimum Gasteiger partial charge on any atom is -0.493 e. The van der Waals surface area contributed by atoms with Gasteiger partial charge >= 0.3 is 0 Å². The van der Waals surface area contributed by atoms with Crippen LogP contribution in [0, 0.1) is 0 Å². The van der Waals surface area contributed by atoms with Crippen molar-refractivity contribution in [3.05, 3.63) is 40.4 Å². The number of halogens is 1. The third kappa shape index (κ3) is 5.40. The van der Waals surface area contributed by atoms with Gasteiger partial charge in [0.1, 0.15) is 5.75 Å². The monoisotopic (exact) mass is 324 g/mol. The van der Waals surface area contributed by atoms with Gasteiger partial charge in [-0.15, -0.1) is 0 Å². The van der Waals surface area contributed by atoms with Gasteiger partial charge in [0.05, 0.1) is 11.1 Å². The number of ether oxygens (including phenoxy) is 1. The van der Waals surface area contributed by atoms with E-state index in [1.54, 1.807) is 0 Å². The molecule has 0 amide bonds. The zero-order valence-corrected chi connectivity index (χ0v) is 13.9. The zero-order valence-electron chi connectivity index (χ0n) is 12.3. The molecule has 0 aliphatic carbocycles. The molecule has 1 nitrogen and oxygen atoms in total. The molecule has 0 aromatic heterocycles. The van der Waals surface area contributed by atoms with Gasteiger partial charge in [-0.25, -0.2) is 0 Å². The van der Waals surface area contributed by atoms with Crippen LogP contribution in [0.2, 0.25) is 0 Å². The molecule has 19 heavy (non-hydrogen) atoms. The lowest BCUT2D eigenvalue weighted by Crippen LogP contribution is -1.99. The highest BCUT2D eigenvalue weighted by atomic mass is 79.9. The van der Waals surface area contributed by atoms with Gasteiger partial charge in [-0.05, 0) is 65.7 Å². The molecule has 0 radical (unpaired) electrons. The van der Waals surface area contributed by atoms with Crippen LogP contribution in [-0.4, -0.2) is 6.61 Å². The zero-order chi connectivity index (χ0) is 14.1. The maximum Gasteiger partial charge on any atom is 0.133 e. The van der Waals surface area contributed by atoms with Crippen LogP contribution in [0.1, 0.15) is 57.9 Å². The van der Waals surface area contributed by atoms with Crippen LogP contribution in [0.25, 0.3) is 0 Å². The fourth-order valence-corrected chi connectivity index (χ4v) is 2.75. The van der Waals surface area contributed by atoms with Gasteiger partial charge in [0.25, 0.3) is 0 Å². The molecular weight excluding hydrogens is 300 g/mol. The van der Waals surface area contributed by atoms with E-state index in [2.05, 4.69) is 60.1 Å². The highest BCUT2D eigenvalue weighted by Crippen LogP contribution is 2.32. The van der Waals surface area contributed by atoms with Gasteiger partial charge < -0.3 is 4.74 Å². The molecule has 0 bridgehead atoms. The van der Waals surface area contributed by atoms with Gasteiger partial charge in [-0.1, -0.05) is 38.5 Å². The molecule has 2 heteroatoms. The number of benzene rings is 1. The van der Waals surface area contributed by atoms with Crippen molar-refractivity contribution >= 4 is 15.9 Å². The largest absolute Gasteiger partial charge is 0.493 e. The smallest absolute Gasteiger partial charge is 0.133 e. The lowest BCUT2D eigenvalue weighted by molar-refractivity contribution is 0.338. The molecule has 106 valence electrons. The fraction of sp³-hybridized carbons (Fsp3) is 0.529. The predicted octanol–water partition coefficient (Wildman–Crippen LogP) is 6.09. The molecule has 1 aromatic carbocycles. The first-order valence-electron chi connectivity index (χ1n) is 7.30. The van der Waals surface area contributed by atoms with Gasteiger partial charge in [0, 0.05) is 0 Å². The average molecular weight is 325 g/mol. The Morgan fingerprint density at radius 1 is 1.21 bits per heavy atom. The van der Waals surface area contributed by atoms with Crippen LogP contribution < -0.4 is 4.74 Å². The van der Waals surface area contributed by atoms with Crippen molar-refractivity contribution in [2.24, 2.45) is 0 Å². The molecule has 0 saturated carbocycles. The molecule has 0 aliphatic rings. The van der Waals surface area contributed by atoms with Gasteiger partial charge in [-0.3, -0.25) is 0 Å². The Morgan fingerprint density at radius 3 is 2.58 bits per heavy atom. The molecule has 0 heterocycles. The van der Waals surface area contributed by atoms with Crippen molar-refractivity contribution in [3.8, 4) is 5.75 Å². The van der Waals surface area contributed by atoms with Crippen molar-refractivity contribution in [1.82, 2.24) is 0 Å². The Bertz CT molecular complexity index is 398. The minimum absolute atomic E-state index is 0.611. The highest BCUT2D eigenvalue weighted by Gasteiger charge is 2.11. The summed E-state index contributed by atoms with van der Waals surface area (Å²) in [6.45, 7) is 7.14. The molecule has 0 N–H and O–H groups in total. The van der Waals surface area contributed by atoms with Crippen LogP contribution in [0.3, 0.4) is 0 Å². The Morgan fingerprint density at radius 2 is 2.00 bits per heavy atom. The summed E-state index contributed by atoms with van der Waals surface area (Å²) in [6, 6.07) is 6.50. The first-order valence-corrected chi connectivity index (χ1v) is 8.09. The van der Waals surface area contributed by atoms with Crippen molar-refractivity contribution in [1.29, 1.82) is 0 Å². The Kier molecular flexibility index (Phi) is 7.88. The van der Waals surface area contributed by atoms with Crippen LogP contribution in [0.5, 0.6) is 5.75 Å². The Hall–Kier alpha value is -0.760. The van der Waals surface area contributed by atoms with E-state index in [1.807, 2.05) is 6.92 Å². The van der Waals surface area contributed by atoms with Crippen molar-refractivity contribution in [2.75, 3.05) is 6.61 Å². The van der Waals surface area contributed by atoms with Gasteiger partial charge in [0.15, 0.2) is 0 Å². The van der Waals surface area contributed by atoms with Crippen LogP contribution >= 0.6 is 15.9 Å². The minimum atomic E-state index is 0.611. The molecule has 1 unspecified atom stereocenters. The van der Waals surface area contributed by atoms with E-state index in [0.717, 1.165) is 23.1 Å². The lowest BCUT2D eigenvalue weighted by atomic mass is 9.91. The Labute approximate surface area is 126 Å². The molecule has 1 aromatic rings. The van der Waals surface area contributed by atoms with E-state index in [-0.39, 0.29) is 0 Å². The summed E-state index contributed by atoms with van der Waals surface area (Å²) < 4.78 is 6.63. The topological polar surface area (TPSA) is 9.23 Å². The number of allylic oxidation sites excluding steroid dienone is 2. The number of hydrogen-bond acceptors (Lipinski definition) is 1. The van der Waals surface area contributed by atoms with E-state index in [0.29, 0.717) is 12.5 Å². The maximum atomic E-state index is 5.57. The van der Waals surface area contributed by atoms with Crippen molar-refractivity contribution in [3.63, 3.8) is 0 Å². The third-order valence-corrected chi connectivity index (χ3v) is 3.81. The second-order valence-corrected chi connectivity index (χ2v) is 5.58. The summed E-state index contributed by atoms with van der Waals surface area (Å²) in [6.07, 6.45) is 9.26. The second-order valence-electron chi connectivity index (χ2n) is 4.72. The van der Waals surface area contributed by atoms with Crippen LogP contribution in [0.15, 0.2) is 34.8 Å². The Balaban J connectivity index is 2.83. The summed E-state index contributed by atoms with van der Waals surface area (Å²) >= 11 is 3.61. The standard InChI is InChI=1S/C17H25BrO/c1-4-7-8-10-14(9-5-2)15-11-12-17(19-6-3)16(18)13-15/h7-8,11-14H,4-6,9-10H2,1-3H3/b8-7-. The normalized spacial score (nSPS) is 12.8. The summed E-state index contributed by atoms with van der Waals surface area (Å²) in [7, 11) is 0. The molecule has 1 rings (SSSR count). The molecule has 0 saturated heterocycles. The SMILES string of the molecule is CC/C=C\CC(CCC)c1ccc(OCC)c(Br)c1. The van der Waals surface area contributed by atoms with Gasteiger partial charge in [0.2, 0.25) is 0 Å². The summed E-state index contributed by atoms with van der Waals surface area (Å²) in [5.41, 5.74) is 1.40. The first kappa shape index (κ1) is 16.3. The van der Waals surface area contributed by atoms with Crippen molar-refractivity contribution in [2.45, 2.75) is 52.4 Å². The average Bonchev–Trinajstić information content (AvgIpc) is 2.40. The number of hydrogen-bond donors (Lipinski definition) is 0. The highest BCUT2D eigenvalue weighted by molar-refractivity contribution is 9.10. The summed E-state index contributed by atoms with van der Waals surface area (Å²) in [4.78, 5) is 0. The lowest BCUT2D eigenvalue weighted by Gasteiger charge is -2.16. The quantitative estimate of drug-likeness (QED) is 0.526. The van der Waals surface area contributed by atoms with E-state index < -0.39 is 0 Å². The summed E-state index contributed by atoms with van der Waals surface area (Å²) in [5.74, 6) is 1.55. The number of rotatable bonds is 8. The molecule has 0 spiro atoms. The second kappa shape index (κ2) is 9.19. The summed E-state index contributed by atoms with van der Waals surface area (Å²) in [5, 5.41) is 0. The molecular formula is C17H25BrO. The van der Waals surface area contributed by atoms with E-state index in [4.69, 9.17) is 4.74 Å². The fourth-order valence-electron chi connectivity index (χ4n) is 2.24. The van der Waals surface area contributed by atoms with E-state index in [9.17, 15) is 0 Å². The maximum absolute atomic E-state index is 5.57. The predicted molar refractivity (Wildman–Crippen MR) is 87.0 cm³/mol. The van der Waals surface area contributed by atoms with E-state index in [1.165, 1.54) is 18.4 Å².